The number of aliphatic carboxylic acids is 1. The first-order chi connectivity index (χ1) is 9.74. The minimum atomic E-state index is -0.809. The zero-order chi connectivity index (χ0) is 13.9. The maximum absolute atomic E-state index is 10.5. The van der Waals surface area contributed by atoms with Crippen LogP contribution in [0.5, 0.6) is 0 Å². The number of carboxylic acid groups (broad SMARTS) is 1. The second kappa shape index (κ2) is 6.40. The van der Waals surface area contributed by atoms with Crippen LogP contribution in [0.15, 0.2) is 43.2 Å². The lowest BCUT2D eigenvalue weighted by Gasteiger charge is -2.01. The zero-order valence-electron chi connectivity index (χ0n) is 10.9. The zero-order valence-corrected chi connectivity index (χ0v) is 12.5. The first kappa shape index (κ1) is 15.0. The molecule has 3 heterocycles. The van der Waals surface area contributed by atoms with Gasteiger partial charge in [0, 0.05) is 30.1 Å². The Hall–Kier alpha value is -2.35. The predicted molar refractivity (Wildman–Crippen MR) is 68.7 cm³/mol. The normalized spacial score (nSPS) is 10.3. The minimum absolute atomic E-state index is 0. The van der Waals surface area contributed by atoms with Gasteiger partial charge in [0.25, 0.3) is 0 Å². The van der Waals surface area contributed by atoms with E-state index < -0.39 is 5.97 Å². The average Bonchev–Trinajstić information content (AvgIpc) is 2.94. The second-order valence-electron chi connectivity index (χ2n) is 4.31. The van der Waals surface area contributed by atoms with Crippen LogP contribution < -0.4 is 21.5 Å². The molecule has 0 aromatic carbocycles. The Bertz CT molecular complexity index is 757. The SMILES string of the molecule is O=C(O)CC[n+]1ccc(-c2nccn3cnnc23)cc1.[Br-]. The molecule has 8 heteroatoms. The molecule has 108 valence electrons. The minimum Gasteiger partial charge on any atom is -1.00 e. The number of carbonyl (C=O) groups is 1. The molecular formula is C13H12BrN5O2. The van der Waals surface area contributed by atoms with Gasteiger partial charge in [-0.1, -0.05) is 0 Å². The predicted octanol–water partition coefficient (Wildman–Crippen LogP) is -2.44. The van der Waals surface area contributed by atoms with Gasteiger partial charge in [-0.2, -0.15) is 0 Å². The van der Waals surface area contributed by atoms with E-state index in [1.165, 1.54) is 0 Å². The molecule has 0 radical (unpaired) electrons. The second-order valence-corrected chi connectivity index (χ2v) is 4.31. The Morgan fingerprint density at radius 2 is 2.10 bits per heavy atom. The summed E-state index contributed by atoms with van der Waals surface area (Å²) in [6, 6.07) is 3.78. The van der Waals surface area contributed by atoms with Gasteiger partial charge in [-0.05, 0) is 0 Å². The summed E-state index contributed by atoms with van der Waals surface area (Å²) < 4.78 is 3.62. The molecule has 0 amide bonds. The van der Waals surface area contributed by atoms with E-state index in [9.17, 15) is 4.79 Å². The number of hydrogen-bond acceptors (Lipinski definition) is 4. The van der Waals surface area contributed by atoms with Gasteiger partial charge in [0.15, 0.2) is 24.6 Å². The number of carboxylic acids is 1. The van der Waals surface area contributed by atoms with Crippen molar-refractivity contribution < 1.29 is 31.4 Å². The van der Waals surface area contributed by atoms with Crippen LogP contribution in [0, 0.1) is 0 Å². The lowest BCUT2D eigenvalue weighted by Crippen LogP contribution is -3.00. The van der Waals surface area contributed by atoms with E-state index in [1.54, 1.807) is 23.1 Å². The summed E-state index contributed by atoms with van der Waals surface area (Å²) in [5.41, 5.74) is 2.35. The molecule has 3 rings (SSSR count). The van der Waals surface area contributed by atoms with Gasteiger partial charge in [-0.25, -0.2) is 4.57 Å². The van der Waals surface area contributed by atoms with Crippen LogP contribution in [-0.4, -0.2) is 30.7 Å². The highest BCUT2D eigenvalue weighted by atomic mass is 79.9. The van der Waals surface area contributed by atoms with E-state index >= 15 is 0 Å². The highest BCUT2D eigenvalue weighted by molar-refractivity contribution is 5.72. The molecule has 3 aromatic rings. The van der Waals surface area contributed by atoms with Crippen molar-refractivity contribution in [3.05, 3.63) is 43.2 Å². The summed E-state index contributed by atoms with van der Waals surface area (Å²) in [6.07, 6.45) is 8.87. The van der Waals surface area contributed by atoms with Crippen molar-refractivity contribution >= 4 is 11.6 Å². The van der Waals surface area contributed by atoms with Crippen molar-refractivity contribution in [2.75, 3.05) is 0 Å². The molecule has 0 saturated carbocycles. The lowest BCUT2D eigenvalue weighted by molar-refractivity contribution is -0.695. The molecule has 0 aliphatic heterocycles. The number of halogens is 1. The number of hydrogen-bond donors (Lipinski definition) is 1. The van der Waals surface area contributed by atoms with Crippen molar-refractivity contribution in [1.82, 2.24) is 19.6 Å². The van der Waals surface area contributed by atoms with Crippen molar-refractivity contribution in [3.8, 4) is 11.3 Å². The number of aryl methyl sites for hydroxylation is 1. The maximum Gasteiger partial charge on any atom is 0.309 e. The molecule has 0 aliphatic carbocycles. The standard InChI is InChI=1S/C13H11N5O2.BrH/c19-11(20)3-7-17-5-1-10(2-6-17)12-13-16-15-9-18(13)8-4-14-12;/h1-2,4-6,8-9H,3,7H2;1H. The van der Waals surface area contributed by atoms with Crippen LogP contribution in [0.1, 0.15) is 6.42 Å². The molecule has 0 saturated heterocycles. The fourth-order valence-electron chi connectivity index (χ4n) is 1.95. The van der Waals surface area contributed by atoms with E-state index in [1.807, 2.05) is 29.1 Å². The lowest BCUT2D eigenvalue weighted by atomic mass is 10.2. The van der Waals surface area contributed by atoms with Crippen LogP contribution in [0.2, 0.25) is 0 Å². The molecular weight excluding hydrogens is 338 g/mol. The fraction of sp³-hybridized carbons (Fsp3) is 0.154. The third-order valence-electron chi connectivity index (χ3n) is 2.96. The van der Waals surface area contributed by atoms with E-state index in [-0.39, 0.29) is 23.4 Å². The van der Waals surface area contributed by atoms with Crippen molar-refractivity contribution in [2.24, 2.45) is 0 Å². The summed E-state index contributed by atoms with van der Waals surface area (Å²) in [5.74, 6) is -0.809. The summed E-state index contributed by atoms with van der Waals surface area (Å²) in [7, 11) is 0. The van der Waals surface area contributed by atoms with Crippen LogP contribution in [0.4, 0.5) is 0 Å². The number of nitrogens with zero attached hydrogens (tertiary/aromatic N) is 5. The van der Waals surface area contributed by atoms with Gasteiger partial charge < -0.3 is 22.1 Å². The van der Waals surface area contributed by atoms with Crippen LogP contribution in [0.25, 0.3) is 16.9 Å². The molecule has 0 aliphatic rings. The highest BCUT2D eigenvalue weighted by Crippen LogP contribution is 2.18. The van der Waals surface area contributed by atoms with Crippen molar-refractivity contribution in [2.45, 2.75) is 13.0 Å². The monoisotopic (exact) mass is 349 g/mol. The quantitative estimate of drug-likeness (QED) is 0.529. The Labute approximate surface area is 130 Å². The Morgan fingerprint density at radius 1 is 1.33 bits per heavy atom. The Morgan fingerprint density at radius 3 is 2.81 bits per heavy atom. The number of fused-ring (bicyclic) bond motifs is 1. The van der Waals surface area contributed by atoms with Gasteiger partial charge in [0.1, 0.15) is 18.4 Å². The van der Waals surface area contributed by atoms with Crippen LogP contribution in [-0.2, 0) is 11.3 Å². The molecule has 0 bridgehead atoms. The molecule has 0 spiro atoms. The smallest absolute Gasteiger partial charge is 0.309 e. The van der Waals surface area contributed by atoms with Gasteiger partial charge in [0.05, 0.1) is 0 Å². The van der Waals surface area contributed by atoms with Crippen molar-refractivity contribution in [3.63, 3.8) is 0 Å². The van der Waals surface area contributed by atoms with Gasteiger partial charge in [0.2, 0.25) is 0 Å². The summed E-state index contributed by atoms with van der Waals surface area (Å²) in [5, 5.41) is 16.6. The number of rotatable bonds is 4. The van der Waals surface area contributed by atoms with E-state index in [0.717, 1.165) is 11.3 Å². The van der Waals surface area contributed by atoms with Crippen molar-refractivity contribution in [1.29, 1.82) is 0 Å². The summed E-state index contributed by atoms with van der Waals surface area (Å²) in [4.78, 5) is 14.9. The number of pyridine rings is 1. The summed E-state index contributed by atoms with van der Waals surface area (Å²) >= 11 is 0. The summed E-state index contributed by atoms with van der Waals surface area (Å²) in [6.45, 7) is 0.443. The third kappa shape index (κ3) is 3.22. The third-order valence-corrected chi connectivity index (χ3v) is 2.96. The Balaban J connectivity index is 0.00000161. The fourth-order valence-corrected chi connectivity index (χ4v) is 1.95. The maximum atomic E-state index is 10.5. The topological polar surface area (TPSA) is 84.3 Å². The molecule has 21 heavy (non-hydrogen) atoms. The van der Waals surface area contributed by atoms with Gasteiger partial charge in [-0.3, -0.25) is 14.2 Å². The van der Waals surface area contributed by atoms with Crippen LogP contribution >= 0.6 is 0 Å². The molecule has 0 unspecified atom stereocenters. The molecule has 1 N–H and O–H groups in total. The van der Waals surface area contributed by atoms with Crippen LogP contribution in [0.3, 0.4) is 0 Å². The van der Waals surface area contributed by atoms with Gasteiger partial charge >= 0.3 is 5.97 Å². The largest absolute Gasteiger partial charge is 1.00 e. The molecule has 7 nitrogen and oxygen atoms in total. The van der Waals surface area contributed by atoms with E-state index in [0.29, 0.717) is 12.2 Å². The number of aromatic nitrogens is 5. The van der Waals surface area contributed by atoms with Gasteiger partial charge in [-0.15, -0.1) is 10.2 Å². The Kier molecular flexibility index (Phi) is 4.59. The molecule has 3 aromatic heterocycles. The molecule has 0 atom stereocenters. The first-order valence-electron chi connectivity index (χ1n) is 6.09. The highest BCUT2D eigenvalue weighted by Gasteiger charge is 2.10. The van der Waals surface area contributed by atoms with E-state index in [4.69, 9.17) is 5.11 Å². The molecule has 0 fully saturated rings. The first-order valence-corrected chi connectivity index (χ1v) is 6.09. The average molecular weight is 350 g/mol. The van der Waals surface area contributed by atoms with E-state index in [2.05, 4.69) is 15.2 Å².